The zero-order chi connectivity index (χ0) is 17.7. The molecule has 0 saturated carbocycles. The van der Waals surface area contributed by atoms with E-state index < -0.39 is 26.2 Å². The van der Waals surface area contributed by atoms with E-state index in [2.05, 4.69) is 0 Å². The van der Waals surface area contributed by atoms with Gasteiger partial charge in [-0.1, -0.05) is 12.5 Å². The summed E-state index contributed by atoms with van der Waals surface area (Å²) in [6.07, 6.45) is 2.16. The van der Waals surface area contributed by atoms with Gasteiger partial charge in [0.25, 0.3) is 0 Å². The Morgan fingerprint density at radius 1 is 1.04 bits per heavy atom. The van der Waals surface area contributed by atoms with E-state index >= 15 is 0 Å². The van der Waals surface area contributed by atoms with Crippen molar-refractivity contribution in [2.75, 3.05) is 5.75 Å². The highest BCUT2D eigenvalue weighted by atomic mass is 32.2. The van der Waals surface area contributed by atoms with E-state index in [0.29, 0.717) is 31.2 Å². The Hall–Kier alpha value is -1.30. The number of unbranched alkanes of at least 4 members (excludes halogenated alkanes) is 2. The van der Waals surface area contributed by atoms with E-state index in [1.165, 1.54) is 6.07 Å². The van der Waals surface area contributed by atoms with Crippen LogP contribution in [0.3, 0.4) is 0 Å². The molecule has 0 bridgehead atoms. The maximum atomic E-state index is 13.0. The van der Waals surface area contributed by atoms with Crippen molar-refractivity contribution in [1.29, 1.82) is 0 Å². The van der Waals surface area contributed by atoms with Crippen molar-refractivity contribution in [2.45, 2.75) is 57.6 Å². The van der Waals surface area contributed by atoms with Crippen LogP contribution in [0, 0.1) is 11.6 Å². The monoisotopic (exact) mass is 346 g/mol. The molecule has 0 atom stereocenters. The summed E-state index contributed by atoms with van der Waals surface area (Å²) in [5.74, 6) is -1.83. The van der Waals surface area contributed by atoms with Crippen molar-refractivity contribution in [3.8, 4) is 0 Å². The molecule has 0 saturated heterocycles. The van der Waals surface area contributed by atoms with Crippen LogP contribution in [0.25, 0.3) is 0 Å². The van der Waals surface area contributed by atoms with Crippen LogP contribution >= 0.6 is 0 Å². The fraction of sp³-hybridized carbons (Fsp3) is 0.588. The van der Waals surface area contributed by atoms with Crippen LogP contribution in [0.2, 0.25) is 0 Å². The van der Waals surface area contributed by atoms with Crippen LogP contribution in [0.5, 0.6) is 0 Å². The topological polar surface area (TPSA) is 51.2 Å². The first-order chi connectivity index (χ1) is 10.5. The average molecular weight is 346 g/mol. The first-order valence-corrected chi connectivity index (χ1v) is 9.36. The van der Waals surface area contributed by atoms with Crippen molar-refractivity contribution in [2.24, 2.45) is 0 Å². The van der Waals surface area contributed by atoms with Crippen LogP contribution < -0.4 is 0 Å². The molecule has 0 aromatic heterocycles. The molecule has 1 rings (SSSR count). The molecule has 0 heterocycles. The van der Waals surface area contributed by atoms with E-state index in [1.54, 1.807) is 20.8 Å². The van der Waals surface area contributed by atoms with E-state index in [-0.39, 0.29) is 18.0 Å². The molecule has 0 aliphatic carbocycles. The Bertz CT molecular complexity index is 646. The summed E-state index contributed by atoms with van der Waals surface area (Å²) in [7, 11) is -3.12. The number of benzene rings is 1. The number of hydrogen-bond acceptors (Lipinski definition) is 3. The summed E-state index contributed by atoms with van der Waals surface area (Å²) in [5.41, 5.74) is 0.448. The van der Waals surface area contributed by atoms with Gasteiger partial charge in [-0.15, -0.1) is 0 Å². The number of hydrogen-bond donors (Lipinski definition) is 0. The lowest BCUT2D eigenvalue weighted by Crippen LogP contribution is -2.30. The smallest absolute Gasteiger partial charge is 0.159 e. The largest absolute Gasteiger partial charge is 0.299 e. The lowest BCUT2D eigenvalue weighted by Gasteiger charge is -2.18. The Morgan fingerprint density at radius 3 is 2.26 bits per heavy atom. The normalized spacial score (nSPS) is 12.4. The molecule has 0 amide bonds. The number of ketones is 1. The molecule has 0 aliphatic heterocycles. The van der Waals surface area contributed by atoms with Crippen LogP contribution in [-0.4, -0.2) is 24.7 Å². The standard InChI is InChI=1S/C17H24F2O3S/c1-17(2,3)23(21,22)10-6-4-5-7-14(20)11-13-8-9-15(18)16(19)12-13/h8-9,12H,4-7,10-11H2,1-3H3. The van der Waals surface area contributed by atoms with Gasteiger partial charge >= 0.3 is 0 Å². The lowest BCUT2D eigenvalue weighted by atomic mass is 10.0. The molecule has 23 heavy (non-hydrogen) atoms. The molecule has 3 nitrogen and oxygen atoms in total. The van der Waals surface area contributed by atoms with Gasteiger partial charge in [-0.3, -0.25) is 4.79 Å². The summed E-state index contributed by atoms with van der Waals surface area (Å²) in [4.78, 5) is 11.8. The first kappa shape index (κ1) is 19.7. The number of Topliss-reactive ketones (excluding diaryl/α,β-unsaturated/α-hetero) is 1. The van der Waals surface area contributed by atoms with E-state index in [0.717, 1.165) is 12.1 Å². The molecule has 0 fully saturated rings. The molecule has 1 aromatic rings. The van der Waals surface area contributed by atoms with Crippen LogP contribution in [-0.2, 0) is 21.1 Å². The number of rotatable bonds is 8. The van der Waals surface area contributed by atoms with Gasteiger partial charge in [0.2, 0.25) is 0 Å². The fourth-order valence-corrected chi connectivity index (χ4v) is 3.26. The highest BCUT2D eigenvalue weighted by molar-refractivity contribution is 7.92. The third-order valence-corrected chi connectivity index (χ3v) is 6.38. The molecule has 0 aliphatic rings. The second-order valence-corrected chi connectivity index (χ2v) is 9.57. The molecule has 6 heteroatoms. The summed E-state index contributed by atoms with van der Waals surface area (Å²) in [6, 6.07) is 3.44. The number of sulfone groups is 1. The van der Waals surface area contributed by atoms with Gasteiger partial charge in [-0.2, -0.15) is 0 Å². The zero-order valence-corrected chi connectivity index (χ0v) is 14.7. The summed E-state index contributed by atoms with van der Waals surface area (Å²) >= 11 is 0. The number of carbonyl (C=O) groups excluding carboxylic acids is 1. The molecule has 0 N–H and O–H groups in total. The van der Waals surface area contributed by atoms with Crippen molar-refractivity contribution in [3.05, 3.63) is 35.4 Å². The van der Waals surface area contributed by atoms with Gasteiger partial charge in [0.05, 0.1) is 10.5 Å². The Morgan fingerprint density at radius 2 is 1.70 bits per heavy atom. The number of carbonyl (C=O) groups is 1. The minimum absolute atomic E-state index is 0.0605. The van der Waals surface area contributed by atoms with Gasteiger partial charge in [0.15, 0.2) is 21.5 Å². The minimum atomic E-state index is -3.12. The summed E-state index contributed by atoms with van der Waals surface area (Å²) in [5, 5.41) is 0. The second kappa shape index (κ2) is 7.99. The average Bonchev–Trinajstić information content (AvgIpc) is 2.41. The number of halogens is 2. The van der Waals surface area contributed by atoms with Crippen molar-refractivity contribution >= 4 is 15.6 Å². The predicted molar refractivity (Wildman–Crippen MR) is 87.1 cm³/mol. The van der Waals surface area contributed by atoms with E-state index in [9.17, 15) is 22.0 Å². The second-order valence-electron chi connectivity index (χ2n) is 6.71. The maximum Gasteiger partial charge on any atom is 0.159 e. The van der Waals surface area contributed by atoms with Gasteiger partial charge in [-0.25, -0.2) is 17.2 Å². The fourth-order valence-electron chi connectivity index (χ4n) is 2.06. The predicted octanol–water partition coefficient (Wildman–Crippen LogP) is 3.85. The van der Waals surface area contributed by atoms with Gasteiger partial charge < -0.3 is 0 Å². The van der Waals surface area contributed by atoms with Gasteiger partial charge in [0.1, 0.15) is 5.78 Å². The third kappa shape index (κ3) is 6.37. The van der Waals surface area contributed by atoms with Crippen LogP contribution in [0.15, 0.2) is 18.2 Å². The molecule has 130 valence electrons. The quantitative estimate of drug-likeness (QED) is 0.672. The highest BCUT2D eigenvalue weighted by Gasteiger charge is 2.27. The first-order valence-electron chi connectivity index (χ1n) is 7.71. The van der Waals surface area contributed by atoms with Gasteiger partial charge in [-0.05, 0) is 51.3 Å². The van der Waals surface area contributed by atoms with Gasteiger partial charge in [0, 0.05) is 12.8 Å². The van der Waals surface area contributed by atoms with Crippen molar-refractivity contribution < 1.29 is 22.0 Å². The SMILES string of the molecule is CC(C)(C)S(=O)(=O)CCCCCC(=O)Cc1ccc(F)c(F)c1. The molecule has 0 unspecified atom stereocenters. The van der Waals surface area contributed by atoms with Crippen LogP contribution in [0.4, 0.5) is 8.78 Å². The Balaban J connectivity index is 2.31. The van der Waals surface area contributed by atoms with E-state index in [4.69, 9.17) is 0 Å². The Kier molecular flexibility index (Phi) is 6.86. The van der Waals surface area contributed by atoms with Crippen molar-refractivity contribution in [3.63, 3.8) is 0 Å². The summed E-state index contributed by atoms with van der Waals surface area (Å²) < 4.78 is 48.9. The molecule has 0 spiro atoms. The molecular weight excluding hydrogens is 322 g/mol. The molecule has 1 aromatic carbocycles. The van der Waals surface area contributed by atoms with Crippen molar-refractivity contribution in [1.82, 2.24) is 0 Å². The van der Waals surface area contributed by atoms with E-state index in [1.807, 2.05) is 0 Å². The highest BCUT2D eigenvalue weighted by Crippen LogP contribution is 2.18. The lowest BCUT2D eigenvalue weighted by molar-refractivity contribution is -0.118. The maximum absolute atomic E-state index is 13.0. The zero-order valence-electron chi connectivity index (χ0n) is 13.9. The minimum Gasteiger partial charge on any atom is -0.299 e. The summed E-state index contributed by atoms with van der Waals surface area (Å²) in [6.45, 7) is 5.02. The third-order valence-electron chi connectivity index (χ3n) is 3.69. The van der Waals surface area contributed by atoms with Crippen LogP contribution in [0.1, 0.15) is 52.0 Å². The molecular formula is C17H24F2O3S. The Labute approximate surface area is 137 Å². The molecule has 0 radical (unpaired) electrons.